The summed E-state index contributed by atoms with van der Waals surface area (Å²) < 4.78 is 0. The fraction of sp³-hybridized carbons (Fsp3) is 0. The van der Waals surface area contributed by atoms with Crippen LogP contribution in [0.1, 0.15) is 0 Å². The van der Waals surface area contributed by atoms with Crippen molar-refractivity contribution in [3.05, 3.63) is 17.0 Å². The molecule has 0 aliphatic rings. The van der Waals surface area contributed by atoms with Gasteiger partial charge in [0.05, 0.1) is 0 Å². The van der Waals surface area contributed by atoms with Gasteiger partial charge in [-0.2, -0.15) is 15.0 Å². The van der Waals surface area contributed by atoms with Gasteiger partial charge in [0.2, 0.25) is 11.9 Å². The highest BCUT2D eigenvalue weighted by molar-refractivity contribution is 5.65. The molecule has 11 heteroatoms. The van der Waals surface area contributed by atoms with Gasteiger partial charge >= 0.3 is 0 Å². The van der Waals surface area contributed by atoms with Gasteiger partial charge in [0.1, 0.15) is 17.2 Å². The van der Waals surface area contributed by atoms with Crippen molar-refractivity contribution in [2.24, 2.45) is 15.4 Å². The van der Waals surface area contributed by atoms with Crippen molar-refractivity contribution in [2.45, 2.75) is 0 Å². The fourth-order valence-electron chi connectivity index (χ4n) is 1.25. The Balaban J connectivity index is 2.38. The molecule has 0 atom stereocenters. The highest BCUT2D eigenvalue weighted by Crippen LogP contribution is 2.38. The summed E-state index contributed by atoms with van der Waals surface area (Å²) in [4.78, 5) is 21.2. The molecule has 0 fully saturated rings. The van der Waals surface area contributed by atoms with E-state index in [-0.39, 0.29) is 29.2 Å². The number of benzene rings is 1. The van der Waals surface area contributed by atoms with Crippen LogP contribution in [0, 0.1) is 4.91 Å². The van der Waals surface area contributed by atoms with Gasteiger partial charge in [0.25, 0.3) is 5.95 Å². The zero-order valence-electron chi connectivity index (χ0n) is 9.80. The lowest BCUT2D eigenvalue weighted by atomic mass is 10.2. The number of hydrogen-bond donors (Lipinski definition) is 4. The SMILES string of the molecule is Nc1nc(N)nc(N=Nc2cc(N=O)c(O)cc2O)n1. The van der Waals surface area contributed by atoms with Gasteiger partial charge in [-0.05, 0) is 5.18 Å². The van der Waals surface area contributed by atoms with Crippen LogP contribution in [0.15, 0.2) is 27.5 Å². The number of aromatic hydroxyl groups is 2. The maximum atomic E-state index is 10.4. The first kappa shape index (κ1) is 13.1. The lowest BCUT2D eigenvalue weighted by Crippen LogP contribution is -2.01. The molecule has 2 aromatic rings. The molecule has 20 heavy (non-hydrogen) atoms. The van der Waals surface area contributed by atoms with E-state index in [4.69, 9.17) is 11.5 Å². The lowest BCUT2D eigenvalue weighted by Gasteiger charge is -2.00. The summed E-state index contributed by atoms with van der Waals surface area (Å²) in [5.41, 5.74) is 10.3. The van der Waals surface area contributed by atoms with Crippen LogP contribution in [0.5, 0.6) is 11.5 Å². The van der Waals surface area contributed by atoms with Gasteiger partial charge in [-0.25, -0.2) is 0 Å². The van der Waals surface area contributed by atoms with Gasteiger partial charge in [0, 0.05) is 12.1 Å². The Morgan fingerprint density at radius 1 is 0.900 bits per heavy atom. The van der Waals surface area contributed by atoms with Crippen LogP contribution in [0.4, 0.5) is 29.2 Å². The van der Waals surface area contributed by atoms with Crippen LogP contribution in [-0.4, -0.2) is 25.2 Å². The Bertz CT molecular complexity index is 682. The summed E-state index contributed by atoms with van der Waals surface area (Å²) in [5.74, 6) is -1.35. The van der Waals surface area contributed by atoms with E-state index in [0.29, 0.717) is 0 Å². The van der Waals surface area contributed by atoms with E-state index in [1.54, 1.807) is 0 Å². The van der Waals surface area contributed by atoms with Crippen LogP contribution in [0.3, 0.4) is 0 Å². The average molecular weight is 276 g/mol. The first-order valence-corrected chi connectivity index (χ1v) is 5.07. The third kappa shape index (κ3) is 2.72. The highest BCUT2D eigenvalue weighted by atomic mass is 16.3. The number of anilines is 2. The number of aromatic nitrogens is 3. The van der Waals surface area contributed by atoms with Crippen molar-refractivity contribution < 1.29 is 10.2 Å². The molecule has 0 saturated heterocycles. The van der Waals surface area contributed by atoms with Crippen molar-refractivity contribution in [2.75, 3.05) is 11.5 Å². The smallest absolute Gasteiger partial charge is 0.275 e. The average Bonchev–Trinajstić information content (AvgIpc) is 2.36. The predicted molar refractivity (Wildman–Crippen MR) is 68.1 cm³/mol. The number of phenols is 2. The molecule has 0 unspecified atom stereocenters. The first-order valence-electron chi connectivity index (χ1n) is 5.07. The zero-order valence-corrected chi connectivity index (χ0v) is 9.80. The summed E-state index contributed by atoms with van der Waals surface area (Å²) in [5, 5.41) is 28.6. The number of azo groups is 1. The van der Waals surface area contributed by atoms with Gasteiger partial charge in [-0.1, -0.05) is 0 Å². The molecule has 102 valence electrons. The highest BCUT2D eigenvalue weighted by Gasteiger charge is 2.09. The van der Waals surface area contributed by atoms with E-state index in [1.807, 2.05) is 0 Å². The van der Waals surface area contributed by atoms with Crippen LogP contribution in [0.25, 0.3) is 0 Å². The molecule has 0 aliphatic carbocycles. The molecule has 0 bridgehead atoms. The minimum Gasteiger partial charge on any atom is -0.505 e. The normalized spacial score (nSPS) is 10.8. The van der Waals surface area contributed by atoms with Crippen LogP contribution < -0.4 is 11.5 Å². The number of nitroso groups, excluding NO2 is 1. The molecular weight excluding hydrogens is 268 g/mol. The standard InChI is InChI=1S/C9H8N8O3/c10-7-12-8(11)14-9(13-7)16-15-3-1-4(17-20)6(19)2-5(3)18/h1-2,18-19H,(H4,10,11,12,13,14). The molecule has 11 nitrogen and oxygen atoms in total. The van der Waals surface area contributed by atoms with Gasteiger partial charge in [-0.3, -0.25) is 0 Å². The Labute approximate surface area is 111 Å². The number of nitrogens with two attached hydrogens (primary N) is 2. The van der Waals surface area contributed by atoms with E-state index in [9.17, 15) is 15.1 Å². The second kappa shape index (κ2) is 5.09. The molecule has 2 rings (SSSR count). The van der Waals surface area contributed by atoms with Crippen molar-refractivity contribution in [3.63, 3.8) is 0 Å². The molecule has 1 heterocycles. The Kier molecular flexibility index (Phi) is 3.33. The molecule has 6 N–H and O–H groups in total. The summed E-state index contributed by atoms with van der Waals surface area (Å²) in [7, 11) is 0. The monoisotopic (exact) mass is 276 g/mol. The molecule has 0 amide bonds. The summed E-state index contributed by atoms with van der Waals surface area (Å²) in [6, 6.07) is 1.94. The molecule has 0 radical (unpaired) electrons. The molecule has 1 aromatic heterocycles. The van der Waals surface area contributed by atoms with Crippen molar-refractivity contribution in [1.82, 2.24) is 15.0 Å². The quantitative estimate of drug-likeness (QED) is 0.476. The number of nitrogen functional groups attached to an aromatic ring is 2. The van der Waals surface area contributed by atoms with E-state index < -0.39 is 11.5 Å². The minimum absolute atomic E-state index is 0.116. The maximum Gasteiger partial charge on any atom is 0.275 e. The minimum atomic E-state index is -0.481. The van der Waals surface area contributed by atoms with E-state index in [0.717, 1.165) is 12.1 Å². The largest absolute Gasteiger partial charge is 0.505 e. The number of nitrogens with zero attached hydrogens (tertiary/aromatic N) is 6. The molecular formula is C9H8N8O3. The first-order chi connectivity index (χ1) is 9.49. The predicted octanol–water partition coefficient (Wildman–Crippen LogP) is 1.26. The van der Waals surface area contributed by atoms with Gasteiger partial charge in [0.15, 0.2) is 5.69 Å². The summed E-state index contributed by atoms with van der Waals surface area (Å²) in [6.45, 7) is 0. The number of hydrogen-bond acceptors (Lipinski definition) is 11. The summed E-state index contributed by atoms with van der Waals surface area (Å²) in [6.07, 6.45) is 0. The molecule has 0 saturated carbocycles. The third-order valence-corrected chi connectivity index (χ3v) is 2.08. The van der Waals surface area contributed by atoms with Gasteiger partial charge < -0.3 is 21.7 Å². The second-order valence-electron chi connectivity index (χ2n) is 3.47. The number of phenolic OH excluding ortho intramolecular Hbond substituents is 2. The Morgan fingerprint density at radius 3 is 2.10 bits per heavy atom. The Morgan fingerprint density at radius 2 is 1.50 bits per heavy atom. The molecule has 0 aliphatic heterocycles. The second-order valence-corrected chi connectivity index (χ2v) is 3.47. The summed E-state index contributed by atoms with van der Waals surface area (Å²) >= 11 is 0. The van der Waals surface area contributed by atoms with E-state index in [1.165, 1.54) is 0 Å². The van der Waals surface area contributed by atoms with Crippen LogP contribution in [0.2, 0.25) is 0 Å². The van der Waals surface area contributed by atoms with Crippen LogP contribution >= 0.6 is 0 Å². The maximum absolute atomic E-state index is 10.4. The molecule has 0 spiro atoms. The zero-order chi connectivity index (χ0) is 14.7. The van der Waals surface area contributed by atoms with E-state index >= 15 is 0 Å². The fourth-order valence-corrected chi connectivity index (χ4v) is 1.25. The van der Waals surface area contributed by atoms with Crippen molar-refractivity contribution in [1.29, 1.82) is 0 Å². The van der Waals surface area contributed by atoms with Crippen molar-refractivity contribution in [3.8, 4) is 11.5 Å². The van der Waals surface area contributed by atoms with Gasteiger partial charge in [-0.15, -0.1) is 15.1 Å². The van der Waals surface area contributed by atoms with Crippen molar-refractivity contribution >= 4 is 29.2 Å². The van der Waals surface area contributed by atoms with E-state index in [2.05, 4.69) is 30.4 Å². The third-order valence-electron chi connectivity index (χ3n) is 2.08. The number of rotatable bonds is 3. The topological polar surface area (TPSA) is 185 Å². The van der Waals surface area contributed by atoms with Crippen LogP contribution in [-0.2, 0) is 0 Å². The Hall–Kier alpha value is -3.37. The lowest BCUT2D eigenvalue weighted by molar-refractivity contribution is 0.452. The molecule has 1 aromatic carbocycles.